The zero-order chi connectivity index (χ0) is 46.2. The van der Waals surface area contributed by atoms with Gasteiger partial charge in [0.2, 0.25) is 0 Å². The SMILES string of the molecule is c1ccc([Si](c2ccccc2)(c2ccccc2)c2ccc(-c3cc(-n4c5ccccc5c5cccc(-n6c7ccccc7c7ccccc76)c54)nc(-c4ccc5c(c4)oc4ccccc45)n3)cc2)cc1. The number of rotatable bonds is 8. The van der Waals surface area contributed by atoms with Crippen molar-refractivity contribution in [2.24, 2.45) is 0 Å². The summed E-state index contributed by atoms with van der Waals surface area (Å²) in [4.78, 5) is 11.0. The molecule has 70 heavy (non-hydrogen) atoms. The van der Waals surface area contributed by atoms with Crippen LogP contribution in [0.2, 0.25) is 0 Å². The largest absolute Gasteiger partial charge is 0.456 e. The normalized spacial score (nSPS) is 12.0. The molecule has 0 amide bonds. The van der Waals surface area contributed by atoms with Gasteiger partial charge in [0.25, 0.3) is 0 Å². The number of fused-ring (bicyclic) bond motifs is 9. The van der Waals surface area contributed by atoms with Crippen LogP contribution in [0.4, 0.5) is 0 Å². The van der Waals surface area contributed by atoms with Crippen LogP contribution in [0.1, 0.15) is 0 Å². The minimum absolute atomic E-state index is 0.612. The lowest BCUT2D eigenvalue weighted by molar-refractivity contribution is 0.669. The number of nitrogens with zero attached hydrogens (tertiary/aromatic N) is 4. The molecule has 0 unspecified atom stereocenters. The summed E-state index contributed by atoms with van der Waals surface area (Å²) in [6, 6.07) is 91.9. The van der Waals surface area contributed by atoms with E-state index in [9.17, 15) is 0 Å². The molecule has 0 fully saturated rings. The summed E-state index contributed by atoms with van der Waals surface area (Å²) < 4.78 is 11.2. The summed E-state index contributed by atoms with van der Waals surface area (Å²) in [6.45, 7) is 0. The topological polar surface area (TPSA) is 48.8 Å². The second-order valence-corrected chi connectivity index (χ2v) is 21.9. The Bertz CT molecular complexity index is 4140. The van der Waals surface area contributed by atoms with E-state index in [4.69, 9.17) is 14.4 Å². The van der Waals surface area contributed by atoms with E-state index < -0.39 is 8.07 Å². The lowest BCUT2D eigenvalue weighted by atomic mass is 10.1. The van der Waals surface area contributed by atoms with E-state index in [1.54, 1.807) is 0 Å². The van der Waals surface area contributed by atoms with E-state index in [2.05, 4.69) is 252 Å². The van der Waals surface area contributed by atoms with Crippen molar-refractivity contribution < 1.29 is 4.42 Å². The lowest BCUT2D eigenvalue weighted by Gasteiger charge is -2.34. The van der Waals surface area contributed by atoms with E-state index in [1.807, 2.05) is 12.1 Å². The average molecular weight is 911 g/mol. The Morgan fingerprint density at radius 1 is 0.329 bits per heavy atom. The first-order valence-corrected chi connectivity index (χ1v) is 25.8. The van der Waals surface area contributed by atoms with E-state index in [-0.39, 0.29) is 0 Å². The van der Waals surface area contributed by atoms with Crippen molar-refractivity contribution in [3.8, 4) is 34.2 Å². The summed E-state index contributed by atoms with van der Waals surface area (Å²) in [5, 5.41) is 12.2. The second kappa shape index (κ2) is 16.0. The maximum Gasteiger partial charge on any atom is 0.179 e. The highest BCUT2D eigenvalue weighted by Gasteiger charge is 2.41. The van der Waals surface area contributed by atoms with Gasteiger partial charge in [0.15, 0.2) is 13.9 Å². The number of benzene rings is 10. The molecule has 0 aliphatic heterocycles. The van der Waals surface area contributed by atoms with Gasteiger partial charge >= 0.3 is 0 Å². The molecule has 0 saturated heterocycles. The van der Waals surface area contributed by atoms with Gasteiger partial charge < -0.3 is 8.98 Å². The van der Waals surface area contributed by atoms with Gasteiger partial charge in [0.05, 0.1) is 33.4 Å². The number of furan rings is 1. The molecular weight excluding hydrogens is 869 g/mol. The smallest absolute Gasteiger partial charge is 0.179 e. The number of aromatic nitrogens is 4. The Balaban J connectivity index is 1.03. The predicted octanol–water partition coefficient (Wildman–Crippen LogP) is 13.3. The van der Waals surface area contributed by atoms with Crippen molar-refractivity contribution in [1.82, 2.24) is 19.1 Å². The van der Waals surface area contributed by atoms with Gasteiger partial charge in [-0.3, -0.25) is 4.57 Å². The molecule has 14 aromatic rings. The van der Waals surface area contributed by atoms with Crippen LogP contribution in [0.15, 0.2) is 259 Å². The van der Waals surface area contributed by atoms with E-state index in [1.165, 1.54) is 31.5 Å². The van der Waals surface area contributed by atoms with Crippen LogP contribution < -0.4 is 20.7 Å². The zero-order valence-electron chi connectivity index (χ0n) is 37.9. The van der Waals surface area contributed by atoms with E-state index in [0.717, 1.165) is 83.1 Å². The third kappa shape index (κ3) is 6.10. The highest BCUT2D eigenvalue weighted by molar-refractivity contribution is 7.19. The number of hydrogen-bond donors (Lipinski definition) is 0. The van der Waals surface area contributed by atoms with Crippen LogP contribution in [0, 0.1) is 0 Å². The molecule has 0 saturated carbocycles. The Labute approximate surface area is 404 Å². The maximum absolute atomic E-state index is 6.47. The van der Waals surface area contributed by atoms with Crippen LogP contribution in [-0.4, -0.2) is 27.2 Å². The highest BCUT2D eigenvalue weighted by atomic mass is 28.3. The van der Waals surface area contributed by atoms with Crippen LogP contribution >= 0.6 is 0 Å². The molecular formula is C64H42N4OSi. The lowest BCUT2D eigenvalue weighted by Crippen LogP contribution is -2.74. The molecule has 0 radical (unpaired) electrons. The summed E-state index contributed by atoms with van der Waals surface area (Å²) in [5.41, 5.74) is 9.86. The minimum Gasteiger partial charge on any atom is -0.456 e. The number of hydrogen-bond acceptors (Lipinski definition) is 3. The molecule has 328 valence electrons. The minimum atomic E-state index is -2.77. The molecule has 5 nitrogen and oxygen atoms in total. The summed E-state index contributed by atoms with van der Waals surface area (Å²) in [7, 11) is -2.77. The summed E-state index contributed by atoms with van der Waals surface area (Å²) in [5.74, 6) is 1.38. The predicted molar refractivity (Wildman–Crippen MR) is 292 cm³/mol. The molecule has 6 heteroatoms. The van der Waals surface area contributed by atoms with E-state index >= 15 is 0 Å². The first kappa shape index (κ1) is 40.0. The van der Waals surface area contributed by atoms with Crippen molar-refractivity contribution in [2.75, 3.05) is 0 Å². The first-order valence-electron chi connectivity index (χ1n) is 23.8. The molecule has 0 spiro atoms. The van der Waals surface area contributed by atoms with Crippen molar-refractivity contribution in [1.29, 1.82) is 0 Å². The molecule has 0 aliphatic rings. The van der Waals surface area contributed by atoms with Gasteiger partial charge in [-0.05, 0) is 63.2 Å². The fourth-order valence-corrected chi connectivity index (χ4v) is 16.0. The molecule has 0 bridgehead atoms. The van der Waals surface area contributed by atoms with Gasteiger partial charge in [-0.1, -0.05) is 206 Å². The van der Waals surface area contributed by atoms with Gasteiger partial charge in [-0.2, -0.15) is 0 Å². The summed E-state index contributed by atoms with van der Waals surface area (Å²) >= 11 is 0. The second-order valence-electron chi connectivity index (χ2n) is 18.1. The molecule has 4 heterocycles. The fraction of sp³-hybridized carbons (Fsp3) is 0. The monoisotopic (exact) mass is 910 g/mol. The van der Waals surface area contributed by atoms with Crippen LogP contribution in [0.25, 0.3) is 99.7 Å². The zero-order valence-corrected chi connectivity index (χ0v) is 38.9. The average Bonchev–Trinajstić information content (AvgIpc) is 4.10. The van der Waals surface area contributed by atoms with Gasteiger partial charge in [0, 0.05) is 49.5 Å². The first-order chi connectivity index (χ1) is 34.7. The molecule has 10 aromatic carbocycles. The number of para-hydroxylation sites is 5. The van der Waals surface area contributed by atoms with Crippen molar-refractivity contribution in [3.63, 3.8) is 0 Å². The van der Waals surface area contributed by atoms with Crippen molar-refractivity contribution in [3.05, 3.63) is 255 Å². The third-order valence-corrected chi connectivity index (χ3v) is 19.1. The standard InChI is InChI=1S/C64H42N4OSi/c1-4-19-45(20-5-1)70(46-21-6-2-7-22-46,47-23-8-3-9-24-47)48-38-35-43(36-39-48)55-42-62(66-64(65-55)44-37-40-53-52-28-13-17-34-60(52)69-61(53)41-44)68-58-32-16-12-27-51(58)54-29-18-33-59(63(54)68)67-56-30-14-10-25-49(56)50-26-11-15-31-57(50)67/h1-42H. The van der Waals surface area contributed by atoms with Gasteiger partial charge in [0.1, 0.15) is 17.0 Å². The van der Waals surface area contributed by atoms with Crippen LogP contribution in [0.5, 0.6) is 0 Å². The van der Waals surface area contributed by atoms with Gasteiger partial charge in [-0.15, -0.1) is 0 Å². The van der Waals surface area contributed by atoms with Crippen LogP contribution in [0.3, 0.4) is 0 Å². The molecule has 0 atom stereocenters. The third-order valence-electron chi connectivity index (χ3n) is 14.3. The molecule has 0 aliphatic carbocycles. The Kier molecular flexibility index (Phi) is 9.15. The van der Waals surface area contributed by atoms with Crippen LogP contribution in [-0.2, 0) is 0 Å². The van der Waals surface area contributed by atoms with Gasteiger partial charge in [-0.25, -0.2) is 9.97 Å². The quantitative estimate of drug-likeness (QED) is 0.113. The maximum atomic E-state index is 6.47. The Morgan fingerprint density at radius 2 is 0.800 bits per heavy atom. The molecule has 4 aromatic heterocycles. The van der Waals surface area contributed by atoms with Crippen molar-refractivity contribution in [2.45, 2.75) is 0 Å². The fourth-order valence-electron chi connectivity index (χ4n) is 11.2. The summed E-state index contributed by atoms with van der Waals surface area (Å²) in [6.07, 6.45) is 0. The van der Waals surface area contributed by atoms with Crippen molar-refractivity contribution >= 4 is 94.4 Å². The Hall–Kier alpha value is -9.10. The van der Waals surface area contributed by atoms with E-state index in [0.29, 0.717) is 5.82 Å². The molecule has 14 rings (SSSR count). The molecule has 0 N–H and O–H groups in total. The highest BCUT2D eigenvalue weighted by Crippen LogP contribution is 2.40. The Morgan fingerprint density at radius 3 is 1.41 bits per heavy atom.